The first-order chi connectivity index (χ1) is 15.8. The number of hydrogen-bond acceptors (Lipinski definition) is 7. The number of carbonyl (C=O) groups excluding carboxylic acids is 1. The molecule has 3 rings (SSSR count). The average Bonchev–Trinajstić information content (AvgIpc) is 2.82. The standard InChI is InChI=1S/C23H23Br2N3O5/c1-5-13(2)22-27-18-7-6-15(24)9-16(18)23(30)28(22)26-11-14-8-19(31-3)20(10-17(14)25)33-12-21(29)32-4/h6-11,13H,5,12H2,1-4H3/t13-/m0/s1. The van der Waals surface area contributed by atoms with E-state index in [1.807, 2.05) is 26.0 Å². The van der Waals surface area contributed by atoms with Gasteiger partial charge in [0, 0.05) is 20.4 Å². The van der Waals surface area contributed by atoms with E-state index in [1.165, 1.54) is 18.9 Å². The summed E-state index contributed by atoms with van der Waals surface area (Å²) in [5, 5.41) is 4.95. The van der Waals surface area contributed by atoms with Gasteiger partial charge in [-0.1, -0.05) is 29.8 Å². The summed E-state index contributed by atoms with van der Waals surface area (Å²) in [7, 11) is 2.78. The number of ether oxygens (including phenoxy) is 3. The largest absolute Gasteiger partial charge is 0.493 e. The van der Waals surface area contributed by atoms with Gasteiger partial charge < -0.3 is 14.2 Å². The maximum Gasteiger partial charge on any atom is 0.343 e. The number of fused-ring (bicyclic) bond motifs is 1. The minimum absolute atomic E-state index is 0.0231. The lowest BCUT2D eigenvalue weighted by molar-refractivity contribution is -0.142. The van der Waals surface area contributed by atoms with Crippen LogP contribution in [0.5, 0.6) is 11.5 Å². The summed E-state index contributed by atoms with van der Waals surface area (Å²) in [5.74, 6) is 0.857. The molecule has 0 radical (unpaired) electrons. The van der Waals surface area contributed by atoms with Gasteiger partial charge in [-0.05, 0) is 52.7 Å². The predicted molar refractivity (Wildman–Crippen MR) is 134 cm³/mol. The third-order valence-corrected chi connectivity index (χ3v) is 6.23. The van der Waals surface area contributed by atoms with Crippen molar-refractivity contribution in [1.82, 2.24) is 9.66 Å². The second-order valence-corrected chi connectivity index (χ2v) is 8.96. The zero-order chi connectivity index (χ0) is 24.1. The zero-order valence-electron chi connectivity index (χ0n) is 18.6. The number of methoxy groups -OCH3 is 2. The second-order valence-electron chi connectivity index (χ2n) is 7.19. The van der Waals surface area contributed by atoms with Crippen LogP contribution in [-0.2, 0) is 9.53 Å². The van der Waals surface area contributed by atoms with Crippen molar-refractivity contribution in [2.75, 3.05) is 20.8 Å². The Morgan fingerprint density at radius 1 is 1.21 bits per heavy atom. The van der Waals surface area contributed by atoms with Crippen LogP contribution in [0.25, 0.3) is 10.9 Å². The highest BCUT2D eigenvalue weighted by atomic mass is 79.9. The molecule has 0 amide bonds. The first-order valence-electron chi connectivity index (χ1n) is 10.1. The van der Waals surface area contributed by atoms with E-state index in [0.29, 0.717) is 38.3 Å². The number of esters is 1. The molecule has 0 fully saturated rings. The Kier molecular flexibility index (Phi) is 8.25. The predicted octanol–water partition coefficient (Wildman–Crippen LogP) is 4.88. The second kappa shape index (κ2) is 10.9. The van der Waals surface area contributed by atoms with Crippen LogP contribution in [0.1, 0.15) is 37.6 Å². The van der Waals surface area contributed by atoms with Gasteiger partial charge >= 0.3 is 5.97 Å². The number of halogens is 2. The van der Waals surface area contributed by atoms with Crippen LogP contribution in [-0.4, -0.2) is 42.7 Å². The normalized spacial score (nSPS) is 12.2. The van der Waals surface area contributed by atoms with Crippen molar-refractivity contribution in [3.63, 3.8) is 0 Å². The fourth-order valence-corrected chi connectivity index (χ4v) is 3.80. The zero-order valence-corrected chi connectivity index (χ0v) is 21.8. The van der Waals surface area contributed by atoms with Gasteiger partial charge in [0.05, 0.1) is 31.3 Å². The molecule has 0 N–H and O–H groups in total. The summed E-state index contributed by atoms with van der Waals surface area (Å²) in [4.78, 5) is 29.4. The van der Waals surface area contributed by atoms with E-state index in [0.717, 1.165) is 10.9 Å². The maximum absolute atomic E-state index is 13.3. The van der Waals surface area contributed by atoms with E-state index >= 15 is 0 Å². The number of benzene rings is 2. The number of carbonyl (C=O) groups is 1. The molecule has 8 nitrogen and oxygen atoms in total. The molecule has 1 aromatic heterocycles. The fraction of sp³-hybridized carbons (Fsp3) is 0.304. The van der Waals surface area contributed by atoms with Gasteiger partial charge in [-0.25, -0.2) is 9.78 Å². The molecule has 0 aliphatic heterocycles. The Morgan fingerprint density at radius 3 is 2.64 bits per heavy atom. The SMILES string of the molecule is CC[C@H](C)c1nc2ccc(Br)cc2c(=O)n1N=Cc1cc(OC)c(OCC(=O)OC)cc1Br. The maximum atomic E-state index is 13.3. The Morgan fingerprint density at radius 2 is 1.97 bits per heavy atom. The summed E-state index contributed by atoms with van der Waals surface area (Å²) >= 11 is 6.90. The molecule has 0 aliphatic carbocycles. The van der Waals surface area contributed by atoms with Gasteiger partial charge in [0.15, 0.2) is 18.1 Å². The molecule has 1 heterocycles. The third-order valence-electron chi connectivity index (χ3n) is 5.05. The van der Waals surface area contributed by atoms with Crippen molar-refractivity contribution >= 4 is 54.9 Å². The summed E-state index contributed by atoms with van der Waals surface area (Å²) in [6.07, 6.45) is 2.35. The van der Waals surface area contributed by atoms with E-state index in [2.05, 4.69) is 41.7 Å². The molecule has 174 valence electrons. The molecule has 0 unspecified atom stereocenters. The Hall–Kier alpha value is -2.72. The van der Waals surface area contributed by atoms with Gasteiger partial charge in [-0.15, -0.1) is 0 Å². The van der Waals surface area contributed by atoms with Crippen molar-refractivity contribution in [3.05, 3.63) is 61.0 Å². The summed E-state index contributed by atoms with van der Waals surface area (Å²) in [6, 6.07) is 8.77. The van der Waals surface area contributed by atoms with Crippen LogP contribution in [0.4, 0.5) is 0 Å². The van der Waals surface area contributed by atoms with E-state index in [4.69, 9.17) is 14.5 Å². The molecule has 0 saturated heterocycles. The molecule has 2 aromatic carbocycles. The van der Waals surface area contributed by atoms with Gasteiger partial charge in [-0.3, -0.25) is 4.79 Å². The number of rotatable bonds is 8. The first-order valence-corrected chi connectivity index (χ1v) is 11.7. The lowest BCUT2D eigenvalue weighted by atomic mass is 10.1. The Labute approximate surface area is 207 Å². The van der Waals surface area contributed by atoms with Crippen molar-refractivity contribution in [1.29, 1.82) is 0 Å². The van der Waals surface area contributed by atoms with E-state index in [-0.39, 0.29) is 18.1 Å². The summed E-state index contributed by atoms with van der Waals surface area (Å²) in [6.45, 7) is 3.79. The van der Waals surface area contributed by atoms with E-state index in [9.17, 15) is 9.59 Å². The molecule has 3 aromatic rings. The third kappa shape index (κ3) is 5.62. The van der Waals surface area contributed by atoms with Gasteiger partial charge in [0.25, 0.3) is 5.56 Å². The highest BCUT2D eigenvalue weighted by Gasteiger charge is 2.16. The monoisotopic (exact) mass is 579 g/mol. The molecular weight excluding hydrogens is 558 g/mol. The molecule has 0 bridgehead atoms. The van der Waals surface area contributed by atoms with Crippen LogP contribution in [0.15, 0.2) is 49.2 Å². The highest BCUT2D eigenvalue weighted by molar-refractivity contribution is 9.10. The molecule has 0 aliphatic rings. The first kappa shape index (κ1) is 24.9. The Balaban J connectivity index is 2.07. The van der Waals surface area contributed by atoms with E-state index in [1.54, 1.807) is 24.4 Å². The Bertz CT molecular complexity index is 1270. The molecule has 1 atom stereocenters. The molecule has 10 heteroatoms. The molecule has 33 heavy (non-hydrogen) atoms. The highest BCUT2D eigenvalue weighted by Crippen LogP contribution is 2.33. The molecular formula is C23H23Br2N3O5. The summed E-state index contributed by atoms with van der Waals surface area (Å²) < 4.78 is 18.2. The van der Waals surface area contributed by atoms with Crippen LogP contribution in [0, 0.1) is 0 Å². The number of hydrogen-bond donors (Lipinski definition) is 0. The van der Waals surface area contributed by atoms with Crippen molar-refractivity contribution in [3.8, 4) is 11.5 Å². The van der Waals surface area contributed by atoms with Crippen LogP contribution < -0.4 is 15.0 Å². The number of aromatic nitrogens is 2. The van der Waals surface area contributed by atoms with Gasteiger partial charge in [0.1, 0.15) is 5.82 Å². The lowest BCUT2D eigenvalue weighted by Crippen LogP contribution is -2.23. The number of nitrogens with zero attached hydrogens (tertiary/aromatic N) is 3. The van der Waals surface area contributed by atoms with Gasteiger partial charge in [-0.2, -0.15) is 9.78 Å². The average molecular weight is 581 g/mol. The van der Waals surface area contributed by atoms with Gasteiger partial charge in [0.2, 0.25) is 0 Å². The fourth-order valence-electron chi connectivity index (χ4n) is 3.02. The summed E-state index contributed by atoms with van der Waals surface area (Å²) in [5.41, 5.74) is 1.02. The van der Waals surface area contributed by atoms with Crippen molar-refractivity contribution in [2.24, 2.45) is 5.10 Å². The topological polar surface area (TPSA) is 92.0 Å². The minimum Gasteiger partial charge on any atom is -0.493 e. The smallest absolute Gasteiger partial charge is 0.343 e. The lowest BCUT2D eigenvalue weighted by Gasteiger charge is -2.14. The van der Waals surface area contributed by atoms with Crippen molar-refractivity contribution < 1.29 is 19.0 Å². The van der Waals surface area contributed by atoms with Crippen LogP contribution in [0.3, 0.4) is 0 Å². The quantitative estimate of drug-likeness (QED) is 0.279. The molecule has 0 spiro atoms. The molecule has 0 saturated carbocycles. The van der Waals surface area contributed by atoms with Crippen LogP contribution >= 0.6 is 31.9 Å². The van der Waals surface area contributed by atoms with Crippen molar-refractivity contribution in [2.45, 2.75) is 26.2 Å². The van der Waals surface area contributed by atoms with Crippen LogP contribution in [0.2, 0.25) is 0 Å². The van der Waals surface area contributed by atoms with E-state index < -0.39 is 5.97 Å². The minimum atomic E-state index is -0.508.